The molecule has 0 aliphatic heterocycles. The topological polar surface area (TPSA) is 98.8 Å². The van der Waals surface area contributed by atoms with Crippen molar-refractivity contribution in [1.29, 1.82) is 0 Å². The van der Waals surface area contributed by atoms with E-state index < -0.39 is 26.6 Å². The van der Waals surface area contributed by atoms with E-state index in [1.165, 1.54) is 17.5 Å². The number of aromatic nitrogens is 3. The van der Waals surface area contributed by atoms with Crippen molar-refractivity contribution in [1.82, 2.24) is 15.0 Å². The van der Waals surface area contributed by atoms with Gasteiger partial charge < -0.3 is 0 Å². The molecule has 3 saturated carbocycles. The first-order valence-electron chi connectivity index (χ1n) is 8.69. The molecule has 1 aromatic carbocycles. The van der Waals surface area contributed by atoms with Gasteiger partial charge in [0.2, 0.25) is 15.3 Å². The van der Waals surface area contributed by atoms with E-state index in [4.69, 9.17) is 16.7 Å². The van der Waals surface area contributed by atoms with Gasteiger partial charge in [-0.2, -0.15) is 0 Å². The molecule has 150 valence electrons. The van der Waals surface area contributed by atoms with E-state index in [-0.39, 0.29) is 22.0 Å². The quantitative estimate of drug-likeness (QED) is 0.603. The number of hydrogen-bond acceptors (Lipinski definition) is 6. The summed E-state index contributed by atoms with van der Waals surface area (Å²) < 4.78 is 52.6. The van der Waals surface area contributed by atoms with Crippen molar-refractivity contribution < 1.29 is 17.2 Å². The number of nitrogens with zero attached hydrogens (tertiary/aromatic N) is 3. The van der Waals surface area contributed by atoms with Gasteiger partial charge in [-0.15, -0.1) is 11.3 Å². The lowest BCUT2D eigenvalue weighted by molar-refractivity contribution is -0.0274. The van der Waals surface area contributed by atoms with Gasteiger partial charge >= 0.3 is 0 Å². The third kappa shape index (κ3) is 2.89. The summed E-state index contributed by atoms with van der Waals surface area (Å²) in [4.78, 5) is 12.0. The zero-order chi connectivity index (χ0) is 20.6. The maximum absolute atomic E-state index is 15.1. The SMILES string of the molecule is NS(=O)(=O)c1c(F)ccc(-c2nc(C34CC(C3)C4)sc2-c2ccnc(Cl)n2)c1F. The van der Waals surface area contributed by atoms with Crippen molar-refractivity contribution in [2.45, 2.75) is 29.6 Å². The van der Waals surface area contributed by atoms with E-state index in [9.17, 15) is 12.8 Å². The van der Waals surface area contributed by atoms with Gasteiger partial charge in [0.15, 0.2) is 10.7 Å². The summed E-state index contributed by atoms with van der Waals surface area (Å²) in [6.45, 7) is 0. The van der Waals surface area contributed by atoms with Gasteiger partial charge in [0, 0.05) is 17.2 Å². The molecule has 2 heterocycles. The smallest absolute Gasteiger partial charge is 0.240 e. The molecule has 0 atom stereocenters. The highest BCUT2D eigenvalue weighted by atomic mass is 35.5. The van der Waals surface area contributed by atoms with Gasteiger partial charge in [-0.05, 0) is 55.0 Å². The highest BCUT2D eigenvalue weighted by Gasteiger charge is 2.59. The fourth-order valence-corrected chi connectivity index (χ4v) is 6.20. The average Bonchev–Trinajstić information content (AvgIpc) is 2.95. The van der Waals surface area contributed by atoms with Crippen LogP contribution in [0.4, 0.5) is 8.78 Å². The van der Waals surface area contributed by atoms with E-state index in [1.54, 1.807) is 6.07 Å². The van der Waals surface area contributed by atoms with Gasteiger partial charge in [-0.3, -0.25) is 0 Å². The van der Waals surface area contributed by atoms with Crippen LogP contribution in [0.25, 0.3) is 21.8 Å². The van der Waals surface area contributed by atoms with E-state index in [1.807, 2.05) is 0 Å². The number of primary sulfonamides is 1. The lowest BCUT2D eigenvalue weighted by Crippen LogP contribution is -2.55. The van der Waals surface area contributed by atoms with Gasteiger partial charge in [-0.1, -0.05) is 0 Å². The summed E-state index contributed by atoms with van der Waals surface area (Å²) in [5, 5.41) is 5.87. The maximum Gasteiger partial charge on any atom is 0.243 e. The van der Waals surface area contributed by atoms with Crippen LogP contribution in [0, 0.1) is 17.6 Å². The molecule has 2 aromatic heterocycles. The van der Waals surface area contributed by atoms with Gasteiger partial charge in [0.25, 0.3) is 0 Å². The molecule has 0 saturated heterocycles. The lowest BCUT2D eigenvalue weighted by atomic mass is 9.45. The number of nitrogens with two attached hydrogens (primary N) is 1. The zero-order valence-electron chi connectivity index (χ0n) is 14.7. The summed E-state index contributed by atoms with van der Waals surface area (Å²) in [5.74, 6) is -1.82. The van der Waals surface area contributed by atoms with Crippen LogP contribution in [-0.4, -0.2) is 23.4 Å². The first kappa shape index (κ1) is 19.0. The van der Waals surface area contributed by atoms with Crippen molar-refractivity contribution >= 4 is 33.0 Å². The molecule has 2 bridgehead atoms. The second kappa shape index (κ2) is 6.24. The van der Waals surface area contributed by atoms with Crippen LogP contribution in [0.1, 0.15) is 24.3 Å². The normalized spacial score (nSPS) is 22.8. The molecule has 6 nitrogen and oxygen atoms in total. The summed E-state index contributed by atoms with van der Waals surface area (Å²) >= 11 is 7.28. The average molecular weight is 455 g/mol. The molecule has 3 aliphatic rings. The Balaban J connectivity index is 1.75. The standard InChI is InChI=1S/C18H13ClF2N4O2S2/c19-17-23-4-3-11(24-17)14-13(25-16(28-14)18-5-8(6-18)7-18)9-1-2-10(20)15(12(9)21)29(22,26)27/h1-4,8H,5-7H2,(H2,22,26,27). The summed E-state index contributed by atoms with van der Waals surface area (Å²) in [6, 6.07) is 3.64. The van der Waals surface area contributed by atoms with E-state index in [0.29, 0.717) is 16.5 Å². The Morgan fingerprint density at radius 1 is 1.17 bits per heavy atom. The first-order chi connectivity index (χ1) is 13.7. The summed E-state index contributed by atoms with van der Waals surface area (Å²) in [6.07, 6.45) is 4.54. The number of hydrogen-bond donors (Lipinski definition) is 1. The predicted molar refractivity (Wildman–Crippen MR) is 104 cm³/mol. The molecule has 2 N–H and O–H groups in total. The molecule has 3 aromatic rings. The predicted octanol–water partition coefficient (Wildman–Crippen LogP) is 3.90. The second-order valence-electron chi connectivity index (χ2n) is 7.45. The van der Waals surface area contributed by atoms with Gasteiger partial charge in [0.1, 0.15) is 10.8 Å². The molecule has 6 rings (SSSR count). The van der Waals surface area contributed by atoms with Crippen LogP contribution in [0.3, 0.4) is 0 Å². The van der Waals surface area contributed by atoms with E-state index >= 15 is 4.39 Å². The number of halogens is 3. The van der Waals surface area contributed by atoms with Crippen molar-refractivity contribution in [2.75, 3.05) is 0 Å². The maximum atomic E-state index is 15.1. The molecule has 0 amide bonds. The number of thiazole rings is 1. The second-order valence-corrected chi connectivity index (χ2v) is 10.3. The van der Waals surface area contributed by atoms with Crippen LogP contribution in [0.5, 0.6) is 0 Å². The first-order valence-corrected chi connectivity index (χ1v) is 11.4. The molecule has 3 aliphatic carbocycles. The zero-order valence-corrected chi connectivity index (χ0v) is 17.1. The lowest BCUT2D eigenvalue weighted by Gasteiger charge is -2.60. The van der Waals surface area contributed by atoms with Crippen molar-refractivity contribution in [2.24, 2.45) is 11.1 Å². The Bertz CT molecular complexity index is 1260. The molecule has 29 heavy (non-hydrogen) atoms. The Labute approximate surface area is 173 Å². The Kier molecular flexibility index (Phi) is 4.09. The van der Waals surface area contributed by atoms with E-state index in [0.717, 1.165) is 36.4 Å². The van der Waals surface area contributed by atoms with Crippen LogP contribution in [0.15, 0.2) is 29.3 Å². The van der Waals surface area contributed by atoms with Crippen molar-refractivity contribution in [3.63, 3.8) is 0 Å². The summed E-state index contributed by atoms with van der Waals surface area (Å²) in [5.41, 5.74) is 0.440. The fourth-order valence-electron chi connectivity index (χ4n) is 4.08. The van der Waals surface area contributed by atoms with E-state index in [2.05, 4.69) is 15.0 Å². The van der Waals surface area contributed by atoms with Crippen LogP contribution < -0.4 is 5.14 Å². The summed E-state index contributed by atoms with van der Waals surface area (Å²) in [7, 11) is -4.61. The minimum Gasteiger partial charge on any atom is -0.240 e. The fraction of sp³-hybridized carbons (Fsp3) is 0.278. The Morgan fingerprint density at radius 2 is 1.90 bits per heavy atom. The third-order valence-corrected chi connectivity index (χ3v) is 8.02. The van der Waals surface area contributed by atoms with Crippen LogP contribution in [0.2, 0.25) is 5.28 Å². The number of benzene rings is 1. The molecule has 0 spiro atoms. The minimum atomic E-state index is -4.61. The van der Waals surface area contributed by atoms with Gasteiger partial charge in [0.05, 0.1) is 16.3 Å². The molecule has 3 fully saturated rings. The minimum absolute atomic E-state index is 0.0127. The number of sulfonamides is 1. The molecule has 0 unspecified atom stereocenters. The largest absolute Gasteiger partial charge is 0.243 e. The van der Waals surface area contributed by atoms with Crippen molar-refractivity contribution in [3.8, 4) is 21.8 Å². The third-order valence-electron chi connectivity index (χ3n) is 5.57. The highest BCUT2D eigenvalue weighted by Crippen LogP contribution is 2.66. The Morgan fingerprint density at radius 3 is 2.48 bits per heavy atom. The molecule has 0 radical (unpaired) electrons. The molecular formula is C18H13ClF2N4O2S2. The van der Waals surface area contributed by atoms with Crippen LogP contribution >= 0.6 is 22.9 Å². The number of rotatable bonds is 4. The van der Waals surface area contributed by atoms with Crippen molar-refractivity contribution in [3.05, 3.63) is 46.3 Å². The highest BCUT2D eigenvalue weighted by molar-refractivity contribution is 7.89. The van der Waals surface area contributed by atoms with Gasteiger partial charge in [-0.25, -0.2) is 37.3 Å². The molecule has 11 heteroatoms. The van der Waals surface area contributed by atoms with Crippen LogP contribution in [-0.2, 0) is 15.4 Å². The molecular weight excluding hydrogens is 442 g/mol. The Hall–Kier alpha value is -2.01. The monoisotopic (exact) mass is 454 g/mol.